The smallest absolute Gasteiger partial charge is 0.454 e. The van der Waals surface area contributed by atoms with Crippen LogP contribution in [0, 0.1) is 0 Å². The lowest BCUT2D eigenvalue weighted by Crippen LogP contribution is -2.19. The minimum Gasteiger partial charge on any atom is -0.501 e. The molecule has 2 nitrogen and oxygen atoms in total. The molecule has 0 saturated heterocycles. The number of ether oxygens (including phenoxy) is 1. The first-order chi connectivity index (χ1) is 6.48. The van der Waals surface area contributed by atoms with Gasteiger partial charge in [-0.1, -0.05) is 19.8 Å². The Labute approximate surface area is 80.7 Å². The molecule has 0 radical (unpaired) electrons. The number of halogens is 3. The van der Waals surface area contributed by atoms with Gasteiger partial charge >= 0.3 is 6.18 Å². The lowest BCUT2D eigenvalue weighted by molar-refractivity contribution is -0.165. The van der Waals surface area contributed by atoms with Crippen molar-refractivity contribution < 1.29 is 22.7 Å². The van der Waals surface area contributed by atoms with Crippen LogP contribution in [0.3, 0.4) is 0 Å². The molecule has 0 spiro atoms. The average Bonchev–Trinajstić information content (AvgIpc) is 2.09. The molecule has 0 aromatic heterocycles. The van der Waals surface area contributed by atoms with Gasteiger partial charge in [0.2, 0.25) is 0 Å². The molecule has 14 heavy (non-hydrogen) atoms. The molecule has 0 saturated carbocycles. The van der Waals surface area contributed by atoms with Crippen molar-refractivity contribution in [1.82, 2.24) is 0 Å². The second kappa shape index (κ2) is 6.45. The van der Waals surface area contributed by atoms with Crippen LogP contribution in [0.4, 0.5) is 13.2 Å². The van der Waals surface area contributed by atoms with Crippen molar-refractivity contribution in [2.24, 2.45) is 0 Å². The SMILES string of the molecule is CCCCCO/C=C/C(=O)C(F)(F)F. The van der Waals surface area contributed by atoms with E-state index in [1.807, 2.05) is 6.92 Å². The number of ketones is 1. The molecule has 0 amide bonds. The molecule has 82 valence electrons. The highest BCUT2D eigenvalue weighted by atomic mass is 19.4. The van der Waals surface area contributed by atoms with Crippen LogP contribution in [0.2, 0.25) is 0 Å². The van der Waals surface area contributed by atoms with E-state index in [0.29, 0.717) is 12.7 Å². The molecule has 0 aromatic rings. The third-order valence-corrected chi connectivity index (χ3v) is 1.46. The fourth-order valence-corrected chi connectivity index (χ4v) is 0.708. The Hall–Kier alpha value is -1.00. The Morgan fingerprint density at radius 3 is 2.50 bits per heavy atom. The van der Waals surface area contributed by atoms with Gasteiger partial charge in [-0.2, -0.15) is 13.2 Å². The zero-order valence-corrected chi connectivity index (χ0v) is 7.93. The summed E-state index contributed by atoms with van der Waals surface area (Å²) in [6.45, 7) is 2.35. The summed E-state index contributed by atoms with van der Waals surface area (Å²) < 4.78 is 39.6. The van der Waals surface area contributed by atoms with E-state index in [-0.39, 0.29) is 0 Å². The lowest BCUT2D eigenvalue weighted by atomic mass is 10.3. The van der Waals surface area contributed by atoms with Crippen LogP contribution < -0.4 is 0 Å². The van der Waals surface area contributed by atoms with Crippen LogP contribution in [-0.4, -0.2) is 18.6 Å². The largest absolute Gasteiger partial charge is 0.501 e. The molecule has 0 aliphatic carbocycles. The fraction of sp³-hybridized carbons (Fsp3) is 0.667. The van der Waals surface area contributed by atoms with Crippen LogP contribution in [-0.2, 0) is 9.53 Å². The quantitative estimate of drug-likeness (QED) is 0.383. The first-order valence-electron chi connectivity index (χ1n) is 4.37. The molecule has 0 aliphatic rings. The van der Waals surface area contributed by atoms with Crippen LogP contribution in [0.1, 0.15) is 26.2 Å². The van der Waals surface area contributed by atoms with Crippen LogP contribution in [0.25, 0.3) is 0 Å². The van der Waals surface area contributed by atoms with E-state index in [2.05, 4.69) is 0 Å². The van der Waals surface area contributed by atoms with E-state index in [4.69, 9.17) is 4.74 Å². The summed E-state index contributed by atoms with van der Waals surface area (Å²) in [5.74, 6) is -1.90. The minimum atomic E-state index is -4.80. The topological polar surface area (TPSA) is 26.3 Å². The summed E-state index contributed by atoms with van der Waals surface area (Å²) in [5.41, 5.74) is 0. The van der Waals surface area contributed by atoms with Gasteiger partial charge in [-0.05, 0) is 6.42 Å². The number of hydrogen-bond acceptors (Lipinski definition) is 2. The zero-order valence-electron chi connectivity index (χ0n) is 7.93. The molecular weight excluding hydrogens is 197 g/mol. The number of allylic oxidation sites excluding steroid dienone is 1. The van der Waals surface area contributed by atoms with Crippen LogP contribution >= 0.6 is 0 Å². The maximum absolute atomic E-state index is 11.6. The highest BCUT2D eigenvalue weighted by Crippen LogP contribution is 2.16. The predicted molar refractivity (Wildman–Crippen MR) is 45.7 cm³/mol. The monoisotopic (exact) mass is 210 g/mol. The number of alkyl halides is 3. The molecule has 0 aliphatic heterocycles. The standard InChI is InChI=1S/C9H13F3O2/c1-2-3-4-6-14-7-5-8(13)9(10,11)12/h5,7H,2-4,6H2,1H3/b7-5+. The Balaban J connectivity index is 3.58. The van der Waals surface area contributed by atoms with Crippen LogP contribution in [0.5, 0.6) is 0 Å². The lowest BCUT2D eigenvalue weighted by Gasteiger charge is -2.00. The highest BCUT2D eigenvalue weighted by Gasteiger charge is 2.36. The molecular formula is C9H13F3O2. The summed E-state index contributed by atoms with van der Waals surface area (Å²) >= 11 is 0. The van der Waals surface area contributed by atoms with E-state index < -0.39 is 12.0 Å². The van der Waals surface area contributed by atoms with Gasteiger partial charge in [0.15, 0.2) is 0 Å². The first-order valence-corrected chi connectivity index (χ1v) is 4.37. The average molecular weight is 210 g/mol. The van der Waals surface area contributed by atoms with Crippen molar-refractivity contribution in [3.05, 3.63) is 12.3 Å². The minimum absolute atomic E-state index is 0.343. The Bertz CT molecular complexity index is 197. The van der Waals surface area contributed by atoms with Gasteiger partial charge < -0.3 is 4.74 Å². The van der Waals surface area contributed by atoms with Gasteiger partial charge in [-0.3, -0.25) is 4.79 Å². The predicted octanol–water partition coefficient (Wildman–Crippen LogP) is 2.84. The molecule has 0 N–H and O–H groups in total. The second-order valence-corrected chi connectivity index (χ2v) is 2.74. The van der Waals surface area contributed by atoms with Gasteiger partial charge in [0.25, 0.3) is 5.78 Å². The van der Waals surface area contributed by atoms with Gasteiger partial charge in [0.1, 0.15) is 0 Å². The number of hydrogen-bond donors (Lipinski definition) is 0. The Morgan fingerprint density at radius 1 is 1.36 bits per heavy atom. The molecule has 0 unspecified atom stereocenters. The van der Waals surface area contributed by atoms with E-state index in [0.717, 1.165) is 25.5 Å². The molecule has 0 fully saturated rings. The van der Waals surface area contributed by atoms with Crippen LogP contribution in [0.15, 0.2) is 12.3 Å². The number of rotatable bonds is 6. The first kappa shape index (κ1) is 13.0. The van der Waals surface area contributed by atoms with Crippen molar-refractivity contribution in [2.75, 3.05) is 6.61 Å². The Kier molecular flexibility index (Phi) is 5.99. The van der Waals surface area contributed by atoms with E-state index in [9.17, 15) is 18.0 Å². The number of unbranched alkanes of at least 4 members (excludes halogenated alkanes) is 2. The summed E-state index contributed by atoms with van der Waals surface area (Å²) in [7, 11) is 0. The van der Waals surface area contributed by atoms with Gasteiger partial charge in [-0.15, -0.1) is 0 Å². The normalized spacial score (nSPS) is 12.0. The second-order valence-electron chi connectivity index (χ2n) is 2.74. The van der Waals surface area contributed by atoms with Crippen molar-refractivity contribution >= 4 is 5.78 Å². The van der Waals surface area contributed by atoms with Gasteiger partial charge in [0, 0.05) is 6.08 Å². The van der Waals surface area contributed by atoms with Crippen molar-refractivity contribution in [3.63, 3.8) is 0 Å². The third kappa shape index (κ3) is 6.51. The number of carbonyl (C=O) groups is 1. The molecule has 0 atom stereocenters. The summed E-state index contributed by atoms with van der Waals surface area (Å²) in [6, 6.07) is 0. The molecule has 0 heterocycles. The van der Waals surface area contributed by atoms with Gasteiger partial charge in [-0.25, -0.2) is 0 Å². The van der Waals surface area contributed by atoms with E-state index >= 15 is 0 Å². The molecule has 0 aromatic carbocycles. The zero-order chi connectivity index (χ0) is 11.0. The van der Waals surface area contributed by atoms with Gasteiger partial charge in [0.05, 0.1) is 12.9 Å². The summed E-state index contributed by atoms with van der Waals surface area (Å²) in [6.07, 6.45) is -0.864. The molecule has 0 bridgehead atoms. The van der Waals surface area contributed by atoms with Crippen molar-refractivity contribution in [2.45, 2.75) is 32.4 Å². The third-order valence-electron chi connectivity index (χ3n) is 1.46. The highest BCUT2D eigenvalue weighted by molar-refractivity contribution is 5.94. The Morgan fingerprint density at radius 2 is 2.00 bits per heavy atom. The van der Waals surface area contributed by atoms with E-state index in [1.54, 1.807) is 0 Å². The molecule has 5 heteroatoms. The maximum Gasteiger partial charge on any atom is 0.454 e. The summed E-state index contributed by atoms with van der Waals surface area (Å²) in [5, 5.41) is 0. The summed E-state index contributed by atoms with van der Waals surface area (Å²) in [4.78, 5) is 10.3. The van der Waals surface area contributed by atoms with E-state index in [1.165, 1.54) is 0 Å². The maximum atomic E-state index is 11.6. The van der Waals surface area contributed by atoms with Crippen molar-refractivity contribution in [3.8, 4) is 0 Å². The van der Waals surface area contributed by atoms with Crippen molar-refractivity contribution in [1.29, 1.82) is 0 Å². The molecule has 0 rings (SSSR count). The number of carbonyl (C=O) groups excluding carboxylic acids is 1. The fourth-order valence-electron chi connectivity index (χ4n) is 0.708.